The number of nitrogens with one attached hydrogen (secondary N) is 1. The summed E-state index contributed by atoms with van der Waals surface area (Å²) in [5, 5.41) is 3.34. The van der Waals surface area contributed by atoms with Crippen molar-refractivity contribution < 1.29 is 12.8 Å². The summed E-state index contributed by atoms with van der Waals surface area (Å²) in [6, 6.07) is 8.73. The van der Waals surface area contributed by atoms with E-state index in [4.69, 9.17) is 11.6 Å². The number of aromatic nitrogens is 2. The van der Waals surface area contributed by atoms with Gasteiger partial charge in [-0.3, -0.25) is 0 Å². The molecule has 1 aliphatic rings. The number of rotatable bonds is 3. The highest BCUT2D eigenvalue weighted by Gasteiger charge is 2.25. The van der Waals surface area contributed by atoms with E-state index in [-0.39, 0.29) is 15.4 Å². The Hall–Kier alpha value is -2.16. The minimum absolute atomic E-state index is 0.0473. The molecule has 9 heteroatoms. The van der Waals surface area contributed by atoms with Gasteiger partial charge in [0.2, 0.25) is 0 Å². The highest BCUT2D eigenvalue weighted by molar-refractivity contribution is 7.90. The standard InChI is InChI=1S/C17H16ClFN4O2S/c18-13-3-1-2-4-16(13)26(24,25)23-11-21-17-14(9-12(19)10-15(17)23)22-7-5-20-6-8-22/h1-4,9-11,20H,5-8H2. The molecule has 1 fully saturated rings. The van der Waals surface area contributed by atoms with Crippen molar-refractivity contribution in [3.8, 4) is 0 Å². The molecule has 2 aromatic carbocycles. The molecule has 0 atom stereocenters. The maximum absolute atomic E-state index is 14.3. The smallest absolute Gasteiger partial charge is 0.270 e. The topological polar surface area (TPSA) is 67.2 Å². The van der Waals surface area contributed by atoms with Crippen molar-refractivity contribution in [1.82, 2.24) is 14.3 Å². The second kappa shape index (κ2) is 6.53. The molecule has 0 spiro atoms. The predicted octanol–water partition coefficient (Wildman–Crippen LogP) is 2.48. The van der Waals surface area contributed by atoms with Crippen molar-refractivity contribution in [3.63, 3.8) is 0 Å². The summed E-state index contributed by atoms with van der Waals surface area (Å²) in [6.07, 6.45) is 1.20. The number of hydrogen-bond acceptors (Lipinski definition) is 5. The molecular weight excluding hydrogens is 379 g/mol. The third-order valence-corrected chi connectivity index (χ3v) is 6.56. The first-order valence-electron chi connectivity index (χ1n) is 8.11. The van der Waals surface area contributed by atoms with Crippen molar-refractivity contribution in [2.75, 3.05) is 31.1 Å². The van der Waals surface area contributed by atoms with Crippen molar-refractivity contribution in [1.29, 1.82) is 0 Å². The molecule has 136 valence electrons. The number of benzene rings is 2. The van der Waals surface area contributed by atoms with E-state index < -0.39 is 15.8 Å². The second-order valence-corrected chi connectivity index (χ2v) is 8.20. The minimum Gasteiger partial charge on any atom is -0.367 e. The molecule has 0 unspecified atom stereocenters. The van der Waals surface area contributed by atoms with Gasteiger partial charge in [-0.1, -0.05) is 23.7 Å². The Morgan fingerprint density at radius 1 is 1.15 bits per heavy atom. The number of piperazine rings is 1. The van der Waals surface area contributed by atoms with Crippen LogP contribution in [-0.4, -0.2) is 43.6 Å². The zero-order chi connectivity index (χ0) is 18.3. The zero-order valence-electron chi connectivity index (χ0n) is 13.7. The first-order valence-corrected chi connectivity index (χ1v) is 9.92. The Balaban J connectivity index is 1.90. The van der Waals surface area contributed by atoms with Crippen LogP contribution in [0.25, 0.3) is 11.0 Å². The van der Waals surface area contributed by atoms with E-state index in [2.05, 4.69) is 10.3 Å². The van der Waals surface area contributed by atoms with E-state index in [1.54, 1.807) is 12.1 Å². The molecule has 4 rings (SSSR count). The van der Waals surface area contributed by atoms with E-state index in [9.17, 15) is 12.8 Å². The van der Waals surface area contributed by atoms with Crippen LogP contribution in [0.4, 0.5) is 10.1 Å². The van der Waals surface area contributed by atoms with Crippen LogP contribution in [0.3, 0.4) is 0 Å². The van der Waals surface area contributed by atoms with Crippen LogP contribution < -0.4 is 10.2 Å². The fourth-order valence-corrected chi connectivity index (χ4v) is 4.92. The Bertz CT molecular complexity index is 1080. The highest BCUT2D eigenvalue weighted by Crippen LogP contribution is 2.31. The number of fused-ring (bicyclic) bond motifs is 1. The van der Waals surface area contributed by atoms with E-state index in [0.29, 0.717) is 24.3 Å². The Kier molecular flexibility index (Phi) is 4.34. The maximum atomic E-state index is 14.3. The summed E-state index contributed by atoms with van der Waals surface area (Å²) in [7, 11) is -3.99. The summed E-state index contributed by atoms with van der Waals surface area (Å²) in [4.78, 5) is 6.22. The average molecular weight is 395 g/mol. The van der Waals surface area contributed by atoms with Gasteiger partial charge in [0.15, 0.2) is 0 Å². The second-order valence-electron chi connectivity index (χ2n) is 6.01. The molecular formula is C17H16ClFN4O2S. The van der Waals surface area contributed by atoms with Gasteiger partial charge in [-0.25, -0.2) is 21.8 Å². The molecule has 0 aliphatic carbocycles. The van der Waals surface area contributed by atoms with E-state index in [0.717, 1.165) is 17.1 Å². The van der Waals surface area contributed by atoms with Crippen molar-refractivity contribution in [2.45, 2.75) is 4.90 Å². The van der Waals surface area contributed by atoms with Gasteiger partial charge in [0, 0.05) is 32.2 Å². The molecule has 0 bridgehead atoms. The molecule has 1 aliphatic heterocycles. The van der Waals surface area contributed by atoms with Crippen LogP contribution in [0.5, 0.6) is 0 Å². The molecule has 6 nitrogen and oxygen atoms in total. The summed E-state index contributed by atoms with van der Waals surface area (Å²) in [6.45, 7) is 2.94. The van der Waals surface area contributed by atoms with Gasteiger partial charge in [0.1, 0.15) is 22.6 Å². The normalized spacial score (nSPS) is 15.5. The molecule has 0 radical (unpaired) electrons. The monoisotopic (exact) mass is 394 g/mol. The average Bonchev–Trinajstić information content (AvgIpc) is 3.06. The number of halogens is 2. The number of imidazole rings is 1. The van der Waals surface area contributed by atoms with Crippen molar-refractivity contribution >= 4 is 38.3 Å². The number of anilines is 1. The summed E-state index contributed by atoms with van der Waals surface area (Å²) in [5.41, 5.74) is 1.23. The lowest BCUT2D eigenvalue weighted by molar-refractivity contribution is 0.585. The lowest BCUT2D eigenvalue weighted by Gasteiger charge is -2.29. The largest absolute Gasteiger partial charge is 0.367 e. The molecule has 0 amide bonds. The molecule has 26 heavy (non-hydrogen) atoms. The number of hydrogen-bond donors (Lipinski definition) is 1. The van der Waals surface area contributed by atoms with Crippen LogP contribution in [0, 0.1) is 5.82 Å². The van der Waals surface area contributed by atoms with Crippen LogP contribution in [0.2, 0.25) is 5.02 Å². The van der Waals surface area contributed by atoms with Gasteiger partial charge in [0.25, 0.3) is 10.0 Å². The zero-order valence-corrected chi connectivity index (χ0v) is 15.3. The Labute approximate surface area is 155 Å². The first kappa shape index (κ1) is 17.3. The summed E-state index contributed by atoms with van der Waals surface area (Å²) < 4.78 is 41.3. The Morgan fingerprint density at radius 3 is 2.62 bits per heavy atom. The molecule has 0 saturated carbocycles. The number of nitrogens with zero attached hydrogens (tertiary/aromatic N) is 3. The summed E-state index contributed by atoms with van der Waals surface area (Å²) >= 11 is 6.06. The van der Waals surface area contributed by atoms with Gasteiger partial charge in [-0.15, -0.1) is 0 Å². The fraction of sp³-hybridized carbons (Fsp3) is 0.235. The first-order chi connectivity index (χ1) is 12.5. The van der Waals surface area contributed by atoms with Gasteiger partial charge in [-0.05, 0) is 18.2 Å². The molecule has 1 aromatic heterocycles. The molecule has 1 N–H and O–H groups in total. The van der Waals surface area contributed by atoms with E-state index in [1.165, 1.54) is 30.6 Å². The van der Waals surface area contributed by atoms with Crippen LogP contribution in [0.1, 0.15) is 0 Å². The lowest BCUT2D eigenvalue weighted by Crippen LogP contribution is -2.43. The maximum Gasteiger partial charge on any atom is 0.270 e. The SMILES string of the molecule is O=S(=O)(c1ccccc1Cl)n1cnc2c(N3CCNCC3)cc(F)cc21. The van der Waals surface area contributed by atoms with Gasteiger partial charge in [0.05, 0.1) is 16.2 Å². The van der Waals surface area contributed by atoms with Gasteiger partial charge < -0.3 is 10.2 Å². The third-order valence-electron chi connectivity index (χ3n) is 4.39. The fourth-order valence-electron chi connectivity index (χ4n) is 3.14. The van der Waals surface area contributed by atoms with E-state index >= 15 is 0 Å². The van der Waals surface area contributed by atoms with Crippen LogP contribution in [0.15, 0.2) is 47.6 Å². The van der Waals surface area contributed by atoms with Crippen LogP contribution >= 0.6 is 11.6 Å². The summed E-state index contributed by atoms with van der Waals surface area (Å²) in [5.74, 6) is -0.512. The molecule has 3 aromatic rings. The van der Waals surface area contributed by atoms with Gasteiger partial charge >= 0.3 is 0 Å². The molecule has 2 heterocycles. The van der Waals surface area contributed by atoms with Crippen molar-refractivity contribution in [3.05, 3.63) is 53.6 Å². The molecule has 1 saturated heterocycles. The van der Waals surface area contributed by atoms with E-state index in [1.807, 2.05) is 4.90 Å². The third kappa shape index (κ3) is 2.84. The minimum atomic E-state index is -3.99. The van der Waals surface area contributed by atoms with Gasteiger partial charge in [-0.2, -0.15) is 0 Å². The highest BCUT2D eigenvalue weighted by atomic mass is 35.5. The quantitative estimate of drug-likeness (QED) is 0.739. The van der Waals surface area contributed by atoms with Crippen LogP contribution in [-0.2, 0) is 10.0 Å². The van der Waals surface area contributed by atoms with Crippen molar-refractivity contribution in [2.24, 2.45) is 0 Å². The predicted molar refractivity (Wildman–Crippen MR) is 98.8 cm³/mol. The Morgan fingerprint density at radius 2 is 1.88 bits per heavy atom. The lowest BCUT2D eigenvalue weighted by atomic mass is 10.2.